The zero-order chi connectivity index (χ0) is 31.6. The number of phenols is 1. The molecule has 0 spiro atoms. The van der Waals surface area contributed by atoms with Crippen molar-refractivity contribution < 1.29 is 23.4 Å². The van der Waals surface area contributed by atoms with Gasteiger partial charge in [0, 0.05) is 38.8 Å². The van der Waals surface area contributed by atoms with Crippen molar-refractivity contribution in [2.75, 3.05) is 19.3 Å². The fourth-order valence-electron chi connectivity index (χ4n) is 5.45. The van der Waals surface area contributed by atoms with E-state index in [1.807, 2.05) is 19.2 Å². The summed E-state index contributed by atoms with van der Waals surface area (Å²) >= 11 is 7.23. The molecule has 0 radical (unpaired) electrons. The number of pyridine rings is 1. The number of nitrogens with zero attached hydrogens (tertiary/aromatic N) is 1. The molecule has 5 nitrogen and oxygen atoms in total. The topological polar surface area (TPSA) is 76.6 Å². The van der Waals surface area contributed by atoms with Gasteiger partial charge in [0.15, 0.2) is 0 Å². The fourth-order valence-corrected chi connectivity index (χ4v) is 6.69. The molecule has 0 saturated carbocycles. The van der Waals surface area contributed by atoms with Gasteiger partial charge in [-0.2, -0.15) is 13.2 Å². The molecule has 1 aromatic heterocycles. The standard InChI is InChI=1S/C34H32ClF3N2O3S/c1-20(25-11-5-8-21-7-3-4-10-26(21)25)40(2)16-6-9-24(41)19-44-32-31(28-18-23(35)13-15-30(28)42)27-17-22(34(36,37)38)12-14-29(27)39-33(32)43/h3-5,7-8,10-15,17-18,20,24,41-42H,6,9,16,19H2,1-2H3,(H,39,43)/t20-,24?/m1/s1. The highest BCUT2D eigenvalue weighted by molar-refractivity contribution is 7.99. The maximum atomic E-state index is 13.6. The van der Waals surface area contributed by atoms with Gasteiger partial charge in [-0.3, -0.25) is 9.69 Å². The molecular weight excluding hydrogens is 609 g/mol. The lowest BCUT2D eigenvalue weighted by molar-refractivity contribution is -0.137. The van der Waals surface area contributed by atoms with Gasteiger partial charge in [-0.05, 0) is 86.1 Å². The number of aromatic nitrogens is 1. The molecule has 10 heteroatoms. The van der Waals surface area contributed by atoms with Gasteiger partial charge in [0.2, 0.25) is 0 Å². The summed E-state index contributed by atoms with van der Waals surface area (Å²) in [4.78, 5) is 18.2. The molecule has 230 valence electrons. The summed E-state index contributed by atoms with van der Waals surface area (Å²) in [5, 5.41) is 24.3. The van der Waals surface area contributed by atoms with Gasteiger partial charge in [0.25, 0.3) is 5.56 Å². The Morgan fingerprint density at radius 2 is 1.75 bits per heavy atom. The summed E-state index contributed by atoms with van der Waals surface area (Å²) in [6, 6.07) is 21.9. The minimum atomic E-state index is -4.61. The SMILES string of the molecule is C[C@H](c1cccc2ccccc12)N(C)CCCC(O)CSc1c(-c2cc(Cl)ccc2O)c2cc(C(F)(F)F)ccc2[nH]c1=O. The van der Waals surface area contributed by atoms with Crippen LogP contribution in [0.25, 0.3) is 32.8 Å². The predicted octanol–water partition coefficient (Wildman–Crippen LogP) is 8.65. The number of fused-ring (bicyclic) bond motifs is 2. The summed E-state index contributed by atoms with van der Waals surface area (Å²) in [5.74, 6) is -0.103. The van der Waals surface area contributed by atoms with Crippen molar-refractivity contribution in [1.29, 1.82) is 0 Å². The Morgan fingerprint density at radius 3 is 2.52 bits per heavy atom. The van der Waals surface area contributed by atoms with Crippen LogP contribution in [0.4, 0.5) is 13.2 Å². The Kier molecular flexibility index (Phi) is 9.60. The van der Waals surface area contributed by atoms with Crippen molar-refractivity contribution in [3.63, 3.8) is 0 Å². The summed E-state index contributed by atoms with van der Waals surface area (Å²) in [6.07, 6.45) is -4.24. The number of benzene rings is 4. The first-order valence-electron chi connectivity index (χ1n) is 14.2. The average Bonchev–Trinajstić information content (AvgIpc) is 2.99. The van der Waals surface area contributed by atoms with Crippen LogP contribution in [-0.4, -0.2) is 45.5 Å². The van der Waals surface area contributed by atoms with Crippen LogP contribution >= 0.6 is 23.4 Å². The highest BCUT2D eigenvalue weighted by atomic mass is 35.5. The minimum Gasteiger partial charge on any atom is -0.507 e. The molecule has 0 fully saturated rings. The second kappa shape index (κ2) is 13.2. The number of alkyl halides is 3. The Balaban J connectivity index is 1.34. The molecule has 44 heavy (non-hydrogen) atoms. The number of hydrogen-bond acceptors (Lipinski definition) is 5. The zero-order valence-electron chi connectivity index (χ0n) is 24.2. The van der Waals surface area contributed by atoms with E-state index in [9.17, 15) is 28.2 Å². The number of H-pyrrole nitrogens is 1. The molecule has 0 aliphatic carbocycles. The molecular formula is C34H32ClF3N2O3S. The number of thioether (sulfide) groups is 1. The third-order valence-electron chi connectivity index (χ3n) is 7.93. The number of halogens is 4. The van der Waals surface area contributed by atoms with Crippen LogP contribution in [0.1, 0.15) is 36.9 Å². The Labute approximate surface area is 262 Å². The smallest absolute Gasteiger partial charge is 0.416 e. The number of phenolic OH excluding ortho intramolecular Hbond substituents is 1. The summed E-state index contributed by atoms with van der Waals surface area (Å²) in [5.41, 5.74) is 0.253. The van der Waals surface area contributed by atoms with Gasteiger partial charge in [-0.25, -0.2) is 0 Å². The number of aliphatic hydroxyl groups is 1. The predicted molar refractivity (Wildman–Crippen MR) is 173 cm³/mol. The molecule has 4 aromatic carbocycles. The van der Waals surface area contributed by atoms with E-state index in [2.05, 4.69) is 47.1 Å². The fraction of sp³-hybridized carbons (Fsp3) is 0.265. The Morgan fingerprint density at radius 1 is 1.00 bits per heavy atom. The lowest BCUT2D eigenvalue weighted by atomic mass is 9.98. The molecule has 0 saturated heterocycles. The number of aromatic hydroxyl groups is 1. The van der Waals surface area contributed by atoms with E-state index in [1.54, 1.807) is 0 Å². The van der Waals surface area contributed by atoms with Crippen LogP contribution in [0.2, 0.25) is 5.02 Å². The van der Waals surface area contributed by atoms with Crippen molar-refractivity contribution in [1.82, 2.24) is 9.88 Å². The number of aliphatic hydroxyl groups excluding tert-OH is 1. The summed E-state index contributed by atoms with van der Waals surface area (Å²) < 4.78 is 40.9. The van der Waals surface area contributed by atoms with Crippen LogP contribution in [0.15, 0.2) is 88.6 Å². The van der Waals surface area contributed by atoms with Gasteiger partial charge in [-0.15, -0.1) is 11.8 Å². The summed E-state index contributed by atoms with van der Waals surface area (Å²) in [6.45, 7) is 2.88. The second-order valence-electron chi connectivity index (χ2n) is 10.9. The Hall–Kier alpha value is -3.50. The van der Waals surface area contributed by atoms with Crippen molar-refractivity contribution in [3.8, 4) is 16.9 Å². The van der Waals surface area contributed by atoms with Crippen molar-refractivity contribution in [3.05, 3.63) is 105 Å². The van der Waals surface area contributed by atoms with Gasteiger partial charge in [0.05, 0.1) is 16.6 Å². The van der Waals surface area contributed by atoms with E-state index < -0.39 is 23.4 Å². The second-order valence-corrected chi connectivity index (χ2v) is 12.4. The van der Waals surface area contributed by atoms with Gasteiger partial charge >= 0.3 is 6.18 Å². The molecule has 5 rings (SSSR count). The number of aromatic amines is 1. The first-order valence-corrected chi connectivity index (χ1v) is 15.5. The van der Waals surface area contributed by atoms with Crippen LogP contribution in [-0.2, 0) is 6.18 Å². The molecule has 3 N–H and O–H groups in total. The largest absolute Gasteiger partial charge is 0.507 e. The first kappa shape index (κ1) is 31.9. The first-order chi connectivity index (χ1) is 20.9. The normalized spacial score (nSPS) is 13.5. The molecule has 1 unspecified atom stereocenters. The molecule has 0 amide bonds. The lowest BCUT2D eigenvalue weighted by Gasteiger charge is -2.26. The molecule has 0 aliphatic heterocycles. The highest BCUT2D eigenvalue weighted by Crippen LogP contribution is 2.42. The quantitative estimate of drug-likeness (QED) is 0.133. The average molecular weight is 641 g/mol. The van der Waals surface area contributed by atoms with E-state index in [0.717, 1.165) is 30.4 Å². The summed E-state index contributed by atoms with van der Waals surface area (Å²) in [7, 11) is 2.04. The van der Waals surface area contributed by atoms with Crippen molar-refractivity contribution in [2.45, 2.75) is 43.0 Å². The maximum absolute atomic E-state index is 13.6. The van der Waals surface area contributed by atoms with Crippen molar-refractivity contribution in [2.24, 2.45) is 0 Å². The molecule has 5 aromatic rings. The van der Waals surface area contributed by atoms with Gasteiger partial charge in [-0.1, -0.05) is 54.1 Å². The molecule has 1 heterocycles. The molecule has 2 atom stereocenters. The van der Waals surface area contributed by atoms with Crippen LogP contribution in [0.5, 0.6) is 5.75 Å². The third-order valence-corrected chi connectivity index (χ3v) is 9.39. The van der Waals surface area contributed by atoms with Crippen LogP contribution < -0.4 is 5.56 Å². The van der Waals surface area contributed by atoms with E-state index in [-0.39, 0.29) is 49.5 Å². The monoisotopic (exact) mass is 640 g/mol. The lowest BCUT2D eigenvalue weighted by Crippen LogP contribution is -2.25. The Bertz CT molecular complexity index is 1860. The van der Waals surface area contributed by atoms with Gasteiger partial charge in [0.1, 0.15) is 5.75 Å². The van der Waals surface area contributed by atoms with E-state index in [0.29, 0.717) is 12.8 Å². The van der Waals surface area contributed by atoms with Crippen molar-refractivity contribution >= 4 is 45.0 Å². The molecule has 0 aliphatic rings. The number of rotatable bonds is 10. The highest BCUT2D eigenvalue weighted by Gasteiger charge is 2.31. The van der Waals surface area contributed by atoms with E-state index >= 15 is 0 Å². The van der Waals surface area contributed by atoms with Crippen LogP contribution in [0.3, 0.4) is 0 Å². The van der Waals surface area contributed by atoms with E-state index in [1.165, 1.54) is 40.6 Å². The minimum absolute atomic E-state index is 0.0927. The van der Waals surface area contributed by atoms with E-state index in [4.69, 9.17) is 11.6 Å². The zero-order valence-corrected chi connectivity index (χ0v) is 25.7. The number of nitrogens with one attached hydrogen (secondary N) is 1. The number of hydrogen-bond donors (Lipinski definition) is 3. The maximum Gasteiger partial charge on any atom is 0.416 e. The van der Waals surface area contributed by atoms with Crippen LogP contribution in [0, 0.1) is 0 Å². The van der Waals surface area contributed by atoms with Gasteiger partial charge < -0.3 is 15.2 Å². The third kappa shape index (κ3) is 6.91. The molecule has 0 bridgehead atoms.